The van der Waals surface area contributed by atoms with Crippen molar-refractivity contribution in [1.29, 1.82) is 0 Å². The molecule has 0 radical (unpaired) electrons. The SMILES string of the molecule is COc1ccc(Cc2cccc([C@@H](C)N)c2)cc1OC. The summed E-state index contributed by atoms with van der Waals surface area (Å²) in [6, 6.07) is 14.4. The van der Waals surface area contributed by atoms with Crippen molar-refractivity contribution in [3.8, 4) is 11.5 Å². The van der Waals surface area contributed by atoms with Crippen molar-refractivity contribution in [2.75, 3.05) is 14.2 Å². The predicted molar refractivity (Wildman–Crippen MR) is 81.4 cm³/mol. The van der Waals surface area contributed by atoms with Crippen LogP contribution in [0.1, 0.15) is 29.7 Å². The van der Waals surface area contributed by atoms with Gasteiger partial charge in [-0.3, -0.25) is 0 Å². The van der Waals surface area contributed by atoms with Crippen LogP contribution in [0.4, 0.5) is 0 Å². The molecular formula is C17H21NO2. The molecule has 2 rings (SSSR count). The summed E-state index contributed by atoms with van der Waals surface area (Å²) in [4.78, 5) is 0. The van der Waals surface area contributed by atoms with Crippen molar-refractivity contribution in [3.63, 3.8) is 0 Å². The van der Waals surface area contributed by atoms with E-state index in [0.717, 1.165) is 23.5 Å². The Bertz CT molecular complexity index is 579. The van der Waals surface area contributed by atoms with E-state index < -0.39 is 0 Å². The fraction of sp³-hybridized carbons (Fsp3) is 0.294. The zero-order valence-corrected chi connectivity index (χ0v) is 12.2. The summed E-state index contributed by atoms with van der Waals surface area (Å²) in [5, 5.41) is 0. The van der Waals surface area contributed by atoms with Crippen LogP contribution >= 0.6 is 0 Å². The van der Waals surface area contributed by atoms with Gasteiger partial charge in [-0.25, -0.2) is 0 Å². The summed E-state index contributed by atoms with van der Waals surface area (Å²) in [6.45, 7) is 2.00. The van der Waals surface area contributed by atoms with Gasteiger partial charge >= 0.3 is 0 Å². The summed E-state index contributed by atoms with van der Waals surface area (Å²) in [5.41, 5.74) is 9.51. The van der Waals surface area contributed by atoms with Crippen LogP contribution in [0.3, 0.4) is 0 Å². The molecule has 0 fully saturated rings. The largest absolute Gasteiger partial charge is 0.493 e. The third-order valence-electron chi connectivity index (χ3n) is 3.33. The first-order valence-electron chi connectivity index (χ1n) is 6.69. The second-order valence-corrected chi connectivity index (χ2v) is 4.90. The molecule has 2 aromatic carbocycles. The molecule has 2 N–H and O–H groups in total. The lowest BCUT2D eigenvalue weighted by Crippen LogP contribution is -2.05. The molecule has 3 nitrogen and oxygen atoms in total. The van der Waals surface area contributed by atoms with Crippen molar-refractivity contribution in [3.05, 3.63) is 59.2 Å². The van der Waals surface area contributed by atoms with Crippen LogP contribution in [-0.2, 0) is 6.42 Å². The van der Waals surface area contributed by atoms with E-state index in [1.165, 1.54) is 11.1 Å². The summed E-state index contributed by atoms with van der Waals surface area (Å²) in [5.74, 6) is 1.51. The van der Waals surface area contributed by atoms with E-state index in [0.29, 0.717) is 0 Å². The normalized spacial score (nSPS) is 12.0. The summed E-state index contributed by atoms with van der Waals surface area (Å²) >= 11 is 0. The van der Waals surface area contributed by atoms with Crippen LogP contribution < -0.4 is 15.2 Å². The highest BCUT2D eigenvalue weighted by Crippen LogP contribution is 2.28. The molecule has 0 amide bonds. The monoisotopic (exact) mass is 271 g/mol. The number of ether oxygens (including phenoxy) is 2. The van der Waals surface area contributed by atoms with Crippen LogP contribution in [0.2, 0.25) is 0 Å². The van der Waals surface area contributed by atoms with Crippen molar-refractivity contribution >= 4 is 0 Å². The lowest BCUT2D eigenvalue weighted by atomic mass is 10.0. The summed E-state index contributed by atoms with van der Waals surface area (Å²) in [7, 11) is 3.29. The second kappa shape index (κ2) is 6.44. The minimum absolute atomic E-state index is 0.0559. The predicted octanol–water partition coefficient (Wildman–Crippen LogP) is 3.31. The Morgan fingerprint density at radius 2 is 1.65 bits per heavy atom. The van der Waals surface area contributed by atoms with Gasteiger partial charge in [-0.15, -0.1) is 0 Å². The average Bonchev–Trinajstić information content (AvgIpc) is 2.47. The third-order valence-corrected chi connectivity index (χ3v) is 3.33. The van der Waals surface area contributed by atoms with Gasteiger partial charge in [0.05, 0.1) is 14.2 Å². The molecule has 3 heteroatoms. The highest BCUT2D eigenvalue weighted by molar-refractivity contribution is 5.44. The first-order valence-corrected chi connectivity index (χ1v) is 6.69. The van der Waals surface area contributed by atoms with Gasteiger partial charge in [0.1, 0.15) is 0 Å². The molecular weight excluding hydrogens is 250 g/mol. The molecule has 0 aliphatic heterocycles. The molecule has 0 aromatic heterocycles. The highest BCUT2D eigenvalue weighted by atomic mass is 16.5. The van der Waals surface area contributed by atoms with Crippen molar-refractivity contribution in [1.82, 2.24) is 0 Å². The highest BCUT2D eigenvalue weighted by Gasteiger charge is 2.06. The Morgan fingerprint density at radius 3 is 2.30 bits per heavy atom. The van der Waals surface area contributed by atoms with E-state index in [2.05, 4.69) is 30.3 Å². The molecule has 0 saturated heterocycles. The minimum atomic E-state index is 0.0559. The Kier molecular flexibility index (Phi) is 4.64. The van der Waals surface area contributed by atoms with Gasteiger partial charge in [0.15, 0.2) is 11.5 Å². The van der Waals surface area contributed by atoms with Crippen molar-refractivity contribution in [2.45, 2.75) is 19.4 Å². The first kappa shape index (κ1) is 14.4. The summed E-state index contributed by atoms with van der Waals surface area (Å²) < 4.78 is 10.6. The van der Waals surface area contributed by atoms with Gasteiger partial charge in [0.2, 0.25) is 0 Å². The van der Waals surface area contributed by atoms with E-state index in [1.54, 1.807) is 14.2 Å². The van der Waals surface area contributed by atoms with E-state index in [-0.39, 0.29) is 6.04 Å². The molecule has 1 atom stereocenters. The molecule has 20 heavy (non-hydrogen) atoms. The fourth-order valence-corrected chi connectivity index (χ4v) is 2.21. The van der Waals surface area contributed by atoms with Crippen LogP contribution in [0.5, 0.6) is 11.5 Å². The number of nitrogens with two attached hydrogens (primary N) is 1. The van der Waals surface area contributed by atoms with Gasteiger partial charge in [0, 0.05) is 6.04 Å². The first-order chi connectivity index (χ1) is 9.63. The minimum Gasteiger partial charge on any atom is -0.493 e. The van der Waals surface area contributed by atoms with E-state index >= 15 is 0 Å². The van der Waals surface area contributed by atoms with Gasteiger partial charge < -0.3 is 15.2 Å². The number of hydrogen-bond acceptors (Lipinski definition) is 3. The molecule has 0 aliphatic carbocycles. The van der Waals surface area contributed by atoms with E-state index in [9.17, 15) is 0 Å². The molecule has 0 saturated carbocycles. The molecule has 106 valence electrons. The lowest BCUT2D eigenvalue weighted by molar-refractivity contribution is 0.354. The standard InChI is InChI=1S/C17H21NO2/c1-12(18)15-6-4-5-13(10-15)9-14-7-8-16(19-2)17(11-14)20-3/h4-8,10-12H,9,18H2,1-3H3/t12-/m1/s1. The van der Waals surface area contributed by atoms with Crippen LogP contribution in [0.25, 0.3) is 0 Å². The van der Waals surface area contributed by atoms with Crippen molar-refractivity contribution < 1.29 is 9.47 Å². The Morgan fingerprint density at radius 1 is 0.950 bits per heavy atom. The lowest BCUT2D eigenvalue weighted by Gasteiger charge is -2.11. The number of methoxy groups -OCH3 is 2. The zero-order valence-electron chi connectivity index (χ0n) is 12.2. The number of hydrogen-bond donors (Lipinski definition) is 1. The fourth-order valence-electron chi connectivity index (χ4n) is 2.21. The maximum absolute atomic E-state index is 5.92. The second-order valence-electron chi connectivity index (χ2n) is 4.90. The number of benzene rings is 2. The number of rotatable bonds is 5. The van der Waals surface area contributed by atoms with E-state index in [4.69, 9.17) is 15.2 Å². The average molecular weight is 271 g/mol. The molecule has 0 heterocycles. The summed E-state index contributed by atoms with van der Waals surface area (Å²) in [6.07, 6.45) is 0.848. The third kappa shape index (κ3) is 3.31. The zero-order chi connectivity index (χ0) is 14.5. The van der Waals surface area contributed by atoms with Crippen LogP contribution in [0.15, 0.2) is 42.5 Å². The van der Waals surface area contributed by atoms with Gasteiger partial charge in [-0.1, -0.05) is 30.3 Å². The van der Waals surface area contributed by atoms with Gasteiger partial charge in [0.25, 0.3) is 0 Å². The van der Waals surface area contributed by atoms with Gasteiger partial charge in [-0.2, -0.15) is 0 Å². The van der Waals surface area contributed by atoms with Crippen molar-refractivity contribution in [2.24, 2.45) is 5.73 Å². The Labute approximate surface area is 120 Å². The van der Waals surface area contributed by atoms with Crippen LogP contribution in [-0.4, -0.2) is 14.2 Å². The van der Waals surface area contributed by atoms with E-state index in [1.807, 2.05) is 19.1 Å². The molecule has 0 unspecified atom stereocenters. The topological polar surface area (TPSA) is 44.5 Å². The van der Waals surface area contributed by atoms with Crippen LogP contribution in [0, 0.1) is 0 Å². The van der Waals surface area contributed by atoms with Gasteiger partial charge in [-0.05, 0) is 42.2 Å². The smallest absolute Gasteiger partial charge is 0.160 e. The maximum atomic E-state index is 5.92. The Hall–Kier alpha value is -2.00. The molecule has 0 spiro atoms. The molecule has 0 aliphatic rings. The molecule has 0 bridgehead atoms. The quantitative estimate of drug-likeness (QED) is 0.907. The molecule has 2 aromatic rings. The Balaban J connectivity index is 2.23. The maximum Gasteiger partial charge on any atom is 0.160 e.